The van der Waals surface area contributed by atoms with E-state index in [0.717, 1.165) is 22.2 Å². The van der Waals surface area contributed by atoms with Crippen molar-refractivity contribution in [2.45, 2.75) is 10.8 Å². The Morgan fingerprint density at radius 1 is 1.04 bits per heavy atom. The van der Waals surface area contributed by atoms with Gasteiger partial charge in [-0.05, 0) is 29.7 Å². The molecule has 0 saturated carbocycles. The highest BCUT2D eigenvalue weighted by molar-refractivity contribution is 7.91. The monoisotopic (exact) mass is 423 g/mol. The number of piperazine rings is 1. The highest BCUT2D eigenvalue weighted by Gasteiger charge is 2.31. The average molecular weight is 424 g/mol. The van der Waals surface area contributed by atoms with Gasteiger partial charge in [-0.15, -0.1) is 11.3 Å². The summed E-state index contributed by atoms with van der Waals surface area (Å²) in [6.07, 6.45) is 1.91. The number of hydrogen-bond donors (Lipinski definition) is 0. The van der Waals surface area contributed by atoms with Gasteiger partial charge >= 0.3 is 0 Å². The van der Waals surface area contributed by atoms with Gasteiger partial charge in [-0.2, -0.15) is 4.31 Å². The number of nitrogens with zero attached hydrogens (tertiary/aromatic N) is 3. The van der Waals surface area contributed by atoms with E-state index in [1.807, 2.05) is 41.1 Å². The van der Waals surface area contributed by atoms with E-state index in [9.17, 15) is 13.2 Å². The van der Waals surface area contributed by atoms with E-state index in [-0.39, 0.29) is 29.8 Å². The van der Waals surface area contributed by atoms with Gasteiger partial charge in [0.2, 0.25) is 5.91 Å². The van der Waals surface area contributed by atoms with Crippen LogP contribution in [0, 0.1) is 0 Å². The van der Waals surface area contributed by atoms with Crippen LogP contribution in [0.15, 0.2) is 52.9 Å². The van der Waals surface area contributed by atoms with Crippen molar-refractivity contribution in [1.82, 2.24) is 13.8 Å². The minimum Gasteiger partial charge on any atom is -0.339 e. The maximum Gasteiger partial charge on any atom is 0.252 e. The van der Waals surface area contributed by atoms with Crippen LogP contribution < -0.4 is 0 Å². The minimum absolute atomic E-state index is 0.00688. The summed E-state index contributed by atoms with van der Waals surface area (Å²) in [6.45, 7) is 1.60. The van der Waals surface area contributed by atoms with Gasteiger partial charge < -0.3 is 9.47 Å². The van der Waals surface area contributed by atoms with Crippen LogP contribution >= 0.6 is 22.9 Å². The van der Waals surface area contributed by atoms with Crippen LogP contribution in [0.5, 0.6) is 0 Å². The smallest absolute Gasteiger partial charge is 0.252 e. The van der Waals surface area contributed by atoms with Crippen LogP contribution in [0.3, 0.4) is 0 Å². The molecule has 0 spiro atoms. The molecule has 3 heterocycles. The number of halogens is 1. The third-order valence-electron chi connectivity index (χ3n) is 4.72. The predicted molar refractivity (Wildman–Crippen MR) is 107 cm³/mol. The number of benzene rings is 1. The second-order valence-electron chi connectivity index (χ2n) is 6.35. The third kappa shape index (κ3) is 3.62. The standard InChI is InChI=1S/C18H18ClN3O3S2/c19-16-5-6-18(26-16)27(24,25)22-11-9-20(10-12-22)17(23)13-21-8-7-14-3-1-2-4-15(14)21/h1-8H,9-13H2. The molecule has 0 atom stereocenters. The van der Waals surface area contributed by atoms with Gasteiger partial charge in [0, 0.05) is 37.9 Å². The summed E-state index contributed by atoms with van der Waals surface area (Å²) in [4.78, 5) is 14.4. The molecule has 0 N–H and O–H groups in total. The zero-order valence-electron chi connectivity index (χ0n) is 14.4. The Morgan fingerprint density at radius 3 is 2.48 bits per heavy atom. The highest BCUT2D eigenvalue weighted by atomic mass is 35.5. The lowest BCUT2D eigenvalue weighted by molar-refractivity contribution is -0.132. The number of aromatic nitrogens is 1. The van der Waals surface area contributed by atoms with Crippen LogP contribution in [-0.2, 0) is 21.4 Å². The maximum absolute atomic E-state index is 12.7. The summed E-state index contributed by atoms with van der Waals surface area (Å²) < 4.78 is 29.3. The largest absolute Gasteiger partial charge is 0.339 e. The number of thiophene rings is 1. The molecule has 1 aromatic carbocycles. The van der Waals surface area contributed by atoms with Crippen LogP contribution in [0.4, 0.5) is 0 Å². The third-order valence-corrected chi connectivity index (χ3v) is 8.32. The van der Waals surface area contributed by atoms with Crippen molar-refractivity contribution in [3.05, 3.63) is 53.0 Å². The molecular weight excluding hydrogens is 406 g/mol. The van der Waals surface area contributed by atoms with Crippen molar-refractivity contribution in [3.63, 3.8) is 0 Å². The first-order chi connectivity index (χ1) is 12.9. The summed E-state index contributed by atoms with van der Waals surface area (Å²) in [5, 5.41) is 1.09. The zero-order chi connectivity index (χ0) is 19.0. The van der Waals surface area contributed by atoms with Gasteiger partial charge in [0.25, 0.3) is 10.0 Å². The number of sulfonamides is 1. The van der Waals surface area contributed by atoms with Gasteiger partial charge in [0.1, 0.15) is 10.8 Å². The van der Waals surface area contributed by atoms with Crippen molar-refractivity contribution in [2.24, 2.45) is 0 Å². The first kappa shape index (κ1) is 18.5. The van der Waals surface area contributed by atoms with Crippen LogP contribution in [0.25, 0.3) is 10.9 Å². The maximum atomic E-state index is 12.7. The molecule has 0 radical (unpaired) electrons. The van der Waals surface area contributed by atoms with E-state index in [1.54, 1.807) is 11.0 Å². The molecule has 1 saturated heterocycles. The Labute approximate surface area is 166 Å². The zero-order valence-corrected chi connectivity index (χ0v) is 16.8. The van der Waals surface area contributed by atoms with Gasteiger partial charge in [-0.1, -0.05) is 29.8 Å². The average Bonchev–Trinajstić information content (AvgIpc) is 3.29. The van der Waals surface area contributed by atoms with E-state index >= 15 is 0 Å². The first-order valence-electron chi connectivity index (χ1n) is 8.52. The second kappa shape index (κ2) is 7.27. The van der Waals surface area contributed by atoms with Crippen LogP contribution in [-0.4, -0.2) is 54.3 Å². The number of rotatable bonds is 4. The lowest BCUT2D eigenvalue weighted by atomic mass is 10.2. The summed E-state index contributed by atoms with van der Waals surface area (Å²) in [6, 6.07) is 13.0. The molecule has 6 nitrogen and oxygen atoms in total. The summed E-state index contributed by atoms with van der Waals surface area (Å²) >= 11 is 6.91. The molecule has 0 unspecified atom stereocenters. The molecule has 1 amide bonds. The number of hydrogen-bond acceptors (Lipinski definition) is 4. The fourth-order valence-electron chi connectivity index (χ4n) is 3.27. The highest BCUT2D eigenvalue weighted by Crippen LogP contribution is 2.28. The Kier molecular flexibility index (Phi) is 4.98. The second-order valence-corrected chi connectivity index (χ2v) is 10.2. The van der Waals surface area contributed by atoms with E-state index in [1.165, 1.54) is 10.4 Å². The number of amides is 1. The minimum atomic E-state index is -3.54. The lowest BCUT2D eigenvalue weighted by Crippen LogP contribution is -2.51. The molecule has 27 heavy (non-hydrogen) atoms. The van der Waals surface area contributed by atoms with E-state index in [4.69, 9.17) is 11.6 Å². The van der Waals surface area contributed by atoms with Gasteiger partial charge in [-0.25, -0.2) is 8.42 Å². The quantitative estimate of drug-likeness (QED) is 0.648. The van der Waals surface area contributed by atoms with Crippen molar-refractivity contribution < 1.29 is 13.2 Å². The predicted octanol–water partition coefficient (Wildman–Crippen LogP) is 2.89. The molecule has 1 aliphatic heterocycles. The Morgan fingerprint density at radius 2 is 1.78 bits per heavy atom. The van der Waals surface area contributed by atoms with E-state index < -0.39 is 10.0 Å². The van der Waals surface area contributed by atoms with Crippen molar-refractivity contribution in [1.29, 1.82) is 0 Å². The lowest BCUT2D eigenvalue weighted by Gasteiger charge is -2.33. The molecule has 3 aromatic rings. The van der Waals surface area contributed by atoms with Crippen LogP contribution in [0.2, 0.25) is 4.34 Å². The SMILES string of the molecule is O=C(Cn1ccc2ccccc21)N1CCN(S(=O)(=O)c2ccc(Cl)s2)CC1. The molecule has 1 fully saturated rings. The van der Waals surface area contributed by atoms with Crippen molar-refractivity contribution in [2.75, 3.05) is 26.2 Å². The van der Waals surface area contributed by atoms with Gasteiger partial charge in [-0.3, -0.25) is 4.79 Å². The molecule has 0 bridgehead atoms. The van der Waals surface area contributed by atoms with Gasteiger partial charge in [0.05, 0.1) is 4.34 Å². The molecule has 142 valence electrons. The normalized spacial score (nSPS) is 16.1. The summed E-state index contributed by atoms with van der Waals surface area (Å²) in [5.74, 6) is -0.00688. The Bertz CT molecular complexity index is 1080. The molecular formula is C18H18ClN3O3S2. The Hall–Kier alpha value is -1.87. The van der Waals surface area contributed by atoms with Crippen molar-refractivity contribution >= 4 is 49.8 Å². The molecule has 4 rings (SSSR count). The first-order valence-corrected chi connectivity index (χ1v) is 11.2. The number of para-hydroxylation sites is 1. The fourth-order valence-corrected chi connectivity index (χ4v) is 6.32. The molecule has 9 heteroatoms. The van der Waals surface area contributed by atoms with Crippen molar-refractivity contribution in [3.8, 4) is 0 Å². The molecule has 0 aliphatic carbocycles. The molecule has 2 aromatic heterocycles. The van der Waals surface area contributed by atoms with E-state index in [2.05, 4.69) is 0 Å². The molecule has 1 aliphatic rings. The summed E-state index contributed by atoms with van der Waals surface area (Å²) in [5.41, 5.74) is 1.02. The van der Waals surface area contributed by atoms with Crippen LogP contribution in [0.1, 0.15) is 0 Å². The number of carbonyl (C=O) groups is 1. The topological polar surface area (TPSA) is 62.6 Å². The Balaban J connectivity index is 1.41. The number of carbonyl (C=O) groups excluding carboxylic acids is 1. The fraction of sp³-hybridized carbons (Fsp3) is 0.278. The number of fused-ring (bicyclic) bond motifs is 1. The summed E-state index contributed by atoms with van der Waals surface area (Å²) in [7, 11) is -3.54. The van der Waals surface area contributed by atoms with E-state index in [0.29, 0.717) is 17.4 Å². The van der Waals surface area contributed by atoms with Gasteiger partial charge in [0.15, 0.2) is 0 Å².